The number of methoxy groups -OCH3 is 1. The molecule has 0 spiro atoms. The molecule has 2 rings (SSSR count). The number of amides is 1. The number of thiazole rings is 1. The minimum Gasteiger partial charge on any atom is -0.465 e. The van der Waals surface area contributed by atoms with Crippen molar-refractivity contribution in [2.45, 2.75) is 19.4 Å². The minimum atomic E-state index is -0.496. The van der Waals surface area contributed by atoms with Crippen LogP contribution in [0.5, 0.6) is 0 Å². The van der Waals surface area contributed by atoms with Gasteiger partial charge in [0.15, 0.2) is 0 Å². The number of para-hydroxylation sites is 1. The SMILES string of the molecule is COC(=O)c1ccccc1NC(=O)Cc1csc(C(C)N)n1. The molecule has 0 fully saturated rings. The van der Waals surface area contributed by atoms with Crippen LogP contribution in [0.25, 0.3) is 0 Å². The Hall–Kier alpha value is -2.25. The van der Waals surface area contributed by atoms with Gasteiger partial charge in [-0.25, -0.2) is 9.78 Å². The van der Waals surface area contributed by atoms with Gasteiger partial charge in [0.05, 0.1) is 36.5 Å². The van der Waals surface area contributed by atoms with Crippen LogP contribution in [0.3, 0.4) is 0 Å². The summed E-state index contributed by atoms with van der Waals surface area (Å²) in [5, 5.41) is 5.31. The number of hydrogen-bond acceptors (Lipinski definition) is 6. The summed E-state index contributed by atoms with van der Waals surface area (Å²) in [5.74, 6) is -0.748. The maximum Gasteiger partial charge on any atom is 0.339 e. The normalized spacial score (nSPS) is 11.8. The zero-order chi connectivity index (χ0) is 16.1. The van der Waals surface area contributed by atoms with Crippen LogP contribution in [-0.4, -0.2) is 24.0 Å². The lowest BCUT2D eigenvalue weighted by molar-refractivity contribution is -0.115. The second-order valence-corrected chi connectivity index (χ2v) is 5.62. The number of rotatable bonds is 5. The smallest absolute Gasteiger partial charge is 0.339 e. The fraction of sp³-hybridized carbons (Fsp3) is 0.267. The first-order chi connectivity index (χ1) is 10.5. The lowest BCUT2D eigenvalue weighted by Crippen LogP contribution is -2.17. The Kier molecular flexibility index (Phi) is 5.24. The number of nitrogens with two attached hydrogens (primary N) is 1. The van der Waals surface area contributed by atoms with Crippen LogP contribution < -0.4 is 11.1 Å². The van der Waals surface area contributed by atoms with E-state index in [4.69, 9.17) is 10.5 Å². The lowest BCUT2D eigenvalue weighted by Gasteiger charge is -2.08. The maximum atomic E-state index is 12.1. The molecule has 116 valence electrons. The number of anilines is 1. The second kappa shape index (κ2) is 7.15. The van der Waals surface area contributed by atoms with Crippen LogP contribution in [0.15, 0.2) is 29.6 Å². The number of benzene rings is 1. The van der Waals surface area contributed by atoms with Gasteiger partial charge in [-0.15, -0.1) is 11.3 Å². The summed E-state index contributed by atoms with van der Waals surface area (Å²) in [6, 6.07) is 6.54. The first-order valence-corrected chi connectivity index (χ1v) is 7.56. The third kappa shape index (κ3) is 3.90. The molecule has 7 heteroatoms. The summed E-state index contributed by atoms with van der Waals surface area (Å²) in [5.41, 5.74) is 7.13. The molecule has 0 saturated carbocycles. The largest absolute Gasteiger partial charge is 0.465 e. The molecule has 0 bridgehead atoms. The Labute approximate surface area is 132 Å². The topological polar surface area (TPSA) is 94.3 Å². The maximum absolute atomic E-state index is 12.1. The Morgan fingerprint density at radius 2 is 2.14 bits per heavy atom. The van der Waals surface area contributed by atoms with E-state index in [0.29, 0.717) is 16.9 Å². The number of nitrogens with zero attached hydrogens (tertiary/aromatic N) is 1. The molecule has 0 radical (unpaired) electrons. The van der Waals surface area contributed by atoms with Gasteiger partial charge in [0.1, 0.15) is 5.01 Å². The summed E-state index contributed by atoms with van der Waals surface area (Å²) in [7, 11) is 1.30. The van der Waals surface area contributed by atoms with E-state index >= 15 is 0 Å². The molecule has 0 aliphatic rings. The van der Waals surface area contributed by atoms with Gasteiger partial charge >= 0.3 is 5.97 Å². The van der Waals surface area contributed by atoms with Crippen molar-refractivity contribution >= 4 is 28.9 Å². The highest BCUT2D eigenvalue weighted by Gasteiger charge is 2.14. The predicted octanol–water partition coefficient (Wildman–Crippen LogP) is 2.13. The molecule has 6 nitrogen and oxygen atoms in total. The number of esters is 1. The highest BCUT2D eigenvalue weighted by atomic mass is 32.1. The van der Waals surface area contributed by atoms with Crippen LogP contribution in [0, 0.1) is 0 Å². The molecule has 3 N–H and O–H groups in total. The van der Waals surface area contributed by atoms with Crippen LogP contribution in [-0.2, 0) is 16.0 Å². The fourth-order valence-corrected chi connectivity index (χ4v) is 2.63. The molecule has 1 aromatic heterocycles. The van der Waals surface area contributed by atoms with Crippen LogP contribution in [0.4, 0.5) is 5.69 Å². The number of carbonyl (C=O) groups excluding carboxylic acids is 2. The summed E-state index contributed by atoms with van der Waals surface area (Å²) in [6.45, 7) is 1.84. The Balaban J connectivity index is 2.07. The van der Waals surface area contributed by atoms with Crippen molar-refractivity contribution in [3.8, 4) is 0 Å². The van der Waals surface area contributed by atoms with E-state index in [0.717, 1.165) is 5.01 Å². The Morgan fingerprint density at radius 3 is 2.77 bits per heavy atom. The Bertz CT molecular complexity index is 682. The summed E-state index contributed by atoms with van der Waals surface area (Å²) < 4.78 is 4.69. The van der Waals surface area contributed by atoms with Gasteiger partial charge in [0.25, 0.3) is 0 Å². The van der Waals surface area contributed by atoms with E-state index in [-0.39, 0.29) is 18.4 Å². The number of nitrogens with one attached hydrogen (secondary N) is 1. The molecule has 0 aliphatic carbocycles. The number of carbonyl (C=O) groups is 2. The average Bonchev–Trinajstić information content (AvgIpc) is 2.95. The van der Waals surface area contributed by atoms with Crippen molar-refractivity contribution in [3.63, 3.8) is 0 Å². The van der Waals surface area contributed by atoms with E-state index in [2.05, 4.69) is 10.3 Å². The quantitative estimate of drug-likeness (QED) is 0.823. The first kappa shape index (κ1) is 16.1. The van der Waals surface area contributed by atoms with E-state index in [1.165, 1.54) is 18.4 Å². The van der Waals surface area contributed by atoms with Crippen LogP contribution >= 0.6 is 11.3 Å². The minimum absolute atomic E-state index is 0.124. The highest BCUT2D eigenvalue weighted by Crippen LogP contribution is 2.18. The molecular formula is C15H17N3O3S. The molecule has 1 heterocycles. The van der Waals surface area contributed by atoms with Gasteiger partial charge < -0.3 is 15.8 Å². The number of hydrogen-bond donors (Lipinski definition) is 2. The standard InChI is InChI=1S/C15H17N3O3S/c1-9(16)14-17-10(8-22-14)7-13(19)18-12-6-4-3-5-11(12)15(20)21-2/h3-6,8-9H,7,16H2,1-2H3,(H,18,19). The summed E-state index contributed by atoms with van der Waals surface area (Å²) in [4.78, 5) is 28.1. The molecule has 1 aromatic carbocycles. The molecule has 1 atom stereocenters. The van der Waals surface area contributed by atoms with Gasteiger partial charge in [0, 0.05) is 5.38 Å². The van der Waals surface area contributed by atoms with E-state index in [1.807, 2.05) is 12.3 Å². The summed E-state index contributed by atoms with van der Waals surface area (Å²) in [6.07, 6.45) is 0.124. The van der Waals surface area contributed by atoms with Crippen molar-refractivity contribution in [2.24, 2.45) is 5.73 Å². The van der Waals surface area contributed by atoms with Crippen molar-refractivity contribution in [1.29, 1.82) is 0 Å². The zero-order valence-electron chi connectivity index (χ0n) is 12.3. The molecule has 0 aliphatic heterocycles. The van der Waals surface area contributed by atoms with Gasteiger partial charge in [-0.3, -0.25) is 4.79 Å². The van der Waals surface area contributed by atoms with Crippen molar-refractivity contribution < 1.29 is 14.3 Å². The average molecular weight is 319 g/mol. The van der Waals surface area contributed by atoms with Crippen molar-refractivity contribution in [3.05, 3.63) is 45.9 Å². The van der Waals surface area contributed by atoms with Crippen LogP contribution in [0.2, 0.25) is 0 Å². The third-order valence-electron chi connectivity index (χ3n) is 2.91. The molecule has 0 saturated heterocycles. The highest BCUT2D eigenvalue weighted by molar-refractivity contribution is 7.09. The monoisotopic (exact) mass is 319 g/mol. The number of aromatic nitrogens is 1. The van der Waals surface area contributed by atoms with Gasteiger partial charge in [0.2, 0.25) is 5.91 Å². The van der Waals surface area contributed by atoms with Crippen molar-refractivity contribution in [2.75, 3.05) is 12.4 Å². The molecule has 1 amide bonds. The summed E-state index contributed by atoms with van der Waals surface area (Å²) >= 11 is 1.43. The predicted molar refractivity (Wildman–Crippen MR) is 84.8 cm³/mol. The third-order valence-corrected chi connectivity index (χ3v) is 4.00. The lowest BCUT2D eigenvalue weighted by atomic mass is 10.1. The first-order valence-electron chi connectivity index (χ1n) is 6.68. The number of ether oxygens (including phenoxy) is 1. The molecule has 1 unspecified atom stereocenters. The van der Waals surface area contributed by atoms with Crippen LogP contribution in [0.1, 0.15) is 34.0 Å². The van der Waals surface area contributed by atoms with Crippen molar-refractivity contribution in [1.82, 2.24) is 4.98 Å². The molecule has 22 heavy (non-hydrogen) atoms. The molecule has 2 aromatic rings. The van der Waals surface area contributed by atoms with Gasteiger partial charge in [-0.1, -0.05) is 12.1 Å². The van der Waals surface area contributed by atoms with Gasteiger partial charge in [-0.05, 0) is 19.1 Å². The van der Waals surface area contributed by atoms with Gasteiger partial charge in [-0.2, -0.15) is 0 Å². The molecular weight excluding hydrogens is 302 g/mol. The fourth-order valence-electron chi connectivity index (χ4n) is 1.85. The Morgan fingerprint density at radius 1 is 1.41 bits per heavy atom. The second-order valence-electron chi connectivity index (χ2n) is 4.73. The van der Waals surface area contributed by atoms with E-state index in [1.54, 1.807) is 24.3 Å². The zero-order valence-corrected chi connectivity index (χ0v) is 13.1. The van der Waals surface area contributed by atoms with E-state index in [9.17, 15) is 9.59 Å². The van der Waals surface area contributed by atoms with E-state index < -0.39 is 5.97 Å².